The Balaban J connectivity index is 1.39. The van der Waals surface area contributed by atoms with Gasteiger partial charge < -0.3 is 24.2 Å². The lowest BCUT2D eigenvalue weighted by Crippen LogP contribution is -2.54. The second-order valence-electron chi connectivity index (χ2n) is 9.02. The number of amides is 1. The van der Waals surface area contributed by atoms with Crippen molar-refractivity contribution in [3.8, 4) is 0 Å². The summed E-state index contributed by atoms with van der Waals surface area (Å²) in [5.74, 6) is -0.204. The van der Waals surface area contributed by atoms with E-state index in [1.54, 1.807) is 4.90 Å². The van der Waals surface area contributed by atoms with E-state index in [9.17, 15) is 9.59 Å². The number of hydrogen-bond donors (Lipinski definition) is 0. The number of likely N-dealkylation sites (N-methyl/N-ethyl adjacent to an activating group) is 1. The van der Waals surface area contributed by atoms with Gasteiger partial charge in [0, 0.05) is 59.4 Å². The van der Waals surface area contributed by atoms with E-state index in [4.69, 9.17) is 9.47 Å². The first-order chi connectivity index (χ1) is 15.0. The second-order valence-corrected chi connectivity index (χ2v) is 9.02. The van der Waals surface area contributed by atoms with E-state index < -0.39 is 0 Å². The van der Waals surface area contributed by atoms with Gasteiger partial charge in [0.05, 0.1) is 19.7 Å². The van der Waals surface area contributed by atoms with Gasteiger partial charge in [-0.15, -0.1) is 0 Å². The summed E-state index contributed by atoms with van der Waals surface area (Å²) in [6.07, 6.45) is 4.04. The normalized spacial score (nSPS) is 26.9. The topological polar surface area (TPSA) is 68.8 Å². The van der Waals surface area contributed by atoms with Crippen LogP contribution >= 0.6 is 0 Å². The monoisotopic (exact) mass is 439 g/mol. The number of cyclic esters (lactones) is 1. The van der Waals surface area contributed by atoms with E-state index in [2.05, 4.69) is 26.5 Å². The molecule has 0 saturated carbocycles. The van der Waals surface area contributed by atoms with Gasteiger partial charge in [-0.25, -0.2) is 4.79 Å². The number of unbranched alkanes of at least 4 members (excludes halogenated alkanes) is 1. The average molecular weight is 440 g/mol. The quantitative estimate of drug-likeness (QED) is 0.365. The minimum absolute atomic E-state index is 0.0982. The van der Waals surface area contributed by atoms with Crippen LogP contribution in [0.5, 0.6) is 0 Å². The maximum atomic E-state index is 12.2. The van der Waals surface area contributed by atoms with Crippen molar-refractivity contribution >= 4 is 12.1 Å². The number of methoxy groups -OCH3 is 1. The molecule has 3 rings (SSSR count). The molecule has 3 aliphatic heterocycles. The zero-order chi connectivity index (χ0) is 22.2. The Kier molecular flexibility index (Phi) is 9.37. The summed E-state index contributed by atoms with van der Waals surface area (Å²) < 4.78 is 10.5. The van der Waals surface area contributed by atoms with Crippen LogP contribution in [0.15, 0.2) is 0 Å². The van der Waals surface area contributed by atoms with Crippen LogP contribution in [-0.4, -0.2) is 135 Å². The fraction of sp³-hybridized carbons (Fsp3) is 0.909. The molecule has 0 aromatic heterocycles. The van der Waals surface area contributed by atoms with Crippen LogP contribution in [0.2, 0.25) is 0 Å². The number of hydrogen-bond acceptors (Lipinski definition) is 8. The van der Waals surface area contributed by atoms with Crippen LogP contribution in [0.4, 0.5) is 4.79 Å². The maximum Gasteiger partial charge on any atom is 0.411 e. The predicted octanol–water partition coefficient (Wildman–Crippen LogP) is 0.752. The predicted molar refractivity (Wildman–Crippen MR) is 119 cm³/mol. The zero-order valence-electron chi connectivity index (χ0n) is 19.6. The van der Waals surface area contributed by atoms with Gasteiger partial charge in [0.15, 0.2) is 6.23 Å². The van der Waals surface area contributed by atoms with Crippen molar-refractivity contribution < 1.29 is 19.1 Å². The molecule has 9 nitrogen and oxygen atoms in total. The Morgan fingerprint density at radius 3 is 2.19 bits per heavy atom. The van der Waals surface area contributed by atoms with E-state index >= 15 is 0 Å². The van der Waals surface area contributed by atoms with Crippen molar-refractivity contribution in [2.75, 3.05) is 86.1 Å². The summed E-state index contributed by atoms with van der Waals surface area (Å²) >= 11 is 0. The summed E-state index contributed by atoms with van der Waals surface area (Å²) in [5, 5.41) is 0. The van der Waals surface area contributed by atoms with Crippen molar-refractivity contribution in [2.24, 2.45) is 0 Å². The van der Waals surface area contributed by atoms with Gasteiger partial charge in [0.25, 0.3) is 0 Å². The molecule has 2 unspecified atom stereocenters. The van der Waals surface area contributed by atoms with E-state index in [0.29, 0.717) is 6.54 Å². The number of nitrogens with zero attached hydrogens (tertiary/aromatic N) is 5. The molecule has 0 radical (unpaired) electrons. The molecule has 0 aromatic carbocycles. The van der Waals surface area contributed by atoms with Gasteiger partial charge in [-0.1, -0.05) is 6.92 Å². The van der Waals surface area contributed by atoms with E-state index in [1.807, 2.05) is 7.05 Å². The molecule has 31 heavy (non-hydrogen) atoms. The number of rotatable bonds is 10. The number of piperazine rings is 2. The molecular formula is C22H41N5O4. The first-order valence-corrected chi connectivity index (χ1v) is 11.9. The summed E-state index contributed by atoms with van der Waals surface area (Å²) in [7, 11) is 3.27. The molecule has 0 aromatic rings. The number of ether oxygens (including phenoxy) is 2. The van der Waals surface area contributed by atoms with Crippen molar-refractivity contribution in [1.82, 2.24) is 24.5 Å². The molecule has 3 saturated heterocycles. The van der Waals surface area contributed by atoms with Crippen LogP contribution < -0.4 is 0 Å². The Morgan fingerprint density at radius 1 is 0.968 bits per heavy atom. The van der Waals surface area contributed by atoms with Crippen molar-refractivity contribution in [3.63, 3.8) is 0 Å². The van der Waals surface area contributed by atoms with E-state index in [0.717, 1.165) is 52.0 Å². The van der Waals surface area contributed by atoms with Crippen LogP contribution in [0.25, 0.3) is 0 Å². The summed E-state index contributed by atoms with van der Waals surface area (Å²) in [6.45, 7) is 12.8. The highest BCUT2D eigenvalue weighted by molar-refractivity contribution is 5.71. The minimum atomic E-state index is -0.223. The van der Waals surface area contributed by atoms with Gasteiger partial charge in [-0.3, -0.25) is 14.6 Å². The lowest BCUT2D eigenvalue weighted by atomic mass is 10.1. The zero-order valence-corrected chi connectivity index (χ0v) is 19.6. The number of esters is 1. The van der Waals surface area contributed by atoms with E-state index in [-0.39, 0.29) is 24.3 Å². The first kappa shape index (κ1) is 24.2. The molecule has 178 valence electrons. The third-order valence-corrected chi connectivity index (χ3v) is 6.91. The largest absolute Gasteiger partial charge is 0.468 e. The Morgan fingerprint density at radius 2 is 1.58 bits per heavy atom. The number of carbonyl (C=O) groups excluding carboxylic acids is 2. The third kappa shape index (κ3) is 6.78. The molecule has 0 aliphatic carbocycles. The van der Waals surface area contributed by atoms with Crippen molar-refractivity contribution in [2.45, 2.75) is 44.9 Å². The Labute approximate surface area is 187 Å². The fourth-order valence-corrected chi connectivity index (χ4v) is 4.91. The molecule has 2 atom stereocenters. The molecule has 3 aliphatic rings. The van der Waals surface area contributed by atoms with Gasteiger partial charge in [-0.2, -0.15) is 0 Å². The van der Waals surface area contributed by atoms with Crippen LogP contribution in [0, 0.1) is 0 Å². The summed E-state index contributed by atoms with van der Waals surface area (Å²) in [6, 6.07) is 0.0982. The highest BCUT2D eigenvalue weighted by atomic mass is 16.6. The van der Waals surface area contributed by atoms with Crippen LogP contribution in [0.3, 0.4) is 0 Å². The van der Waals surface area contributed by atoms with Crippen molar-refractivity contribution in [1.29, 1.82) is 0 Å². The first-order valence-electron chi connectivity index (χ1n) is 11.9. The fourth-order valence-electron chi connectivity index (χ4n) is 4.91. The van der Waals surface area contributed by atoms with Crippen LogP contribution in [0.1, 0.15) is 32.6 Å². The second kappa shape index (κ2) is 12.0. The lowest BCUT2D eigenvalue weighted by molar-refractivity contribution is -0.142. The molecule has 0 spiro atoms. The van der Waals surface area contributed by atoms with Gasteiger partial charge in [0.2, 0.25) is 0 Å². The Hall–Kier alpha value is -1.42. The third-order valence-electron chi connectivity index (χ3n) is 6.91. The van der Waals surface area contributed by atoms with Gasteiger partial charge >= 0.3 is 12.1 Å². The standard InChI is InChI=1S/C22H41N5O4/c1-4-8-24-10-12-25(13-11-24)9-6-5-7-19-21(31-22(29)23(19)2)27-16-14-26(15-17-27)18-20(28)30-3/h19,21H,4-18H2,1-3H3. The lowest BCUT2D eigenvalue weighted by Gasteiger charge is -2.38. The molecular weight excluding hydrogens is 398 g/mol. The highest BCUT2D eigenvalue weighted by Gasteiger charge is 2.43. The average Bonchev–Trinajstić information content (AvgIpc) is 3.07. The summed E-state index contributed by atoms with van der Waals surface area (Å²) in [5.41, 5.74) is 0. The SMILES string of the molecule is CCCN1CCN(CCCCC2C(N3CCN(CC(=O)OC)CC3)OC(=O)N2C)CC1. The smallest absolute Gasteiger partial charge is 0.411 e. The van der Waals surface area contributed by atoms with Crippen molar-refractivity contribution in [3.05, 3.63) is 0 Å². The molecule has 3 heterocycles. The van der Waals surface area contributed by atoms with E-state index in [1.165, 1.54) is 46.3 Å². The van der Waals surface area contributed by atoms with Gasteiger partial charge in [-0.05, 0) is 38.8 Å². The minimum Gasteiger partial charge on any atom is -0.468 e. The van der Waals surface area contributed by atoms with Gasteiger partial charge in [0.1, 0.15) is 0 Å². The molecule has 0 N–H and O–H groups in total. The molecule has 9 heteroatoms. The molecule has 0 bridgehead atoms. The maximum absolute atomic E-state index is 12.2. The molecule has 3 fully saturated rings. The number of carbonyl (C=O) groups is 2. The summed E-state index contributed by atoms with van der Waals surface area (Å²) in [4.78, 5) is 35.0. The molecule has 1 amide bonds. The van der Waals surface area contributed by atoms with Crippen LogP contribution in [-0.2, 0) is 14.3 Å². The Bertz CT molecular complexity index is 576. The highest BCUT2D eigenvalue weighted by Crippen LogP contribution is 2.26.